The number of methoxy groups -OCH3 is 1. The van der Waals surface area contributed by atoms with Crippen molar-refractivity contribution in [2.45, 2.75) is 51.5 Å². The molecule has 1 heterocycles. The standard InChI is InChI=1S/C22H31N3O8/c1-22(2,3)33-20(28)24-11-10-23-19(27)32-16-12-17(18(26)30-4)25(13-16)21(29)31-14-15-8-6-5-7-9-15/h5-9,16-17H,10-14H2,1-4H3,(H,23,27)(H,24,28)/t16-,17+/m1/s1. The number of alkyl carbamates (subject to hydrolysis) is 2. The Morgan fingerprint density at radius 3 is 2.27 bits per heavy atom. The van der Waals surface area contributed by atoms with Gasteiger partial charge in [0.15, 0.2) is 0 Å². The van der Waals surface area contributed by atoms with Crippen LogP contribution in [0.15, 0.2) is 30.3 Å². The second kappa shape index (κ2) is 11.9. The van der Waals surface area contributed by atoms with Crippen molar-refractivity contribution in [2.24, 2.45) is 0 Å². The number of ether oxygens (including phenoxy) is 4. The van der Waals surface area contributed by atoms with E-state index in [-0.39, 0.29) is 32.7 Å². The lowest BCUT2D eigenvalue weighted by Gasteiger charge is -2.21. The summed E-state index contributed by atoms with van der Waals surface area (Å²) < 4.78 is 20.5. The summed E-state index contributed by atoms with van der Waals surface area (Å²) in [5, 5.41) is 5.00. The van der Waals surface area contributed by atoms with Crippen LogP contribution in [0.1, 0.15) is 32.8 Å². The van der Waals surface area contributed by atoms with Crippen LogP contribution in [0.25, 0.3) is 0 Å². The molecule has 0 aromatic heterocycles. The van der Waals surface area contributed by atoms with Gasteiger partial charge in [0.05, 0.1) is 13.7 Å². The van der Waals surface area contributed by atoms with Crippen LogP contribution < -0.4 is 10.6 Å². The highest BCUT2D eigenvalue weighted by atomic mass is 16.6. The summed E-state index contributed by atoms with van der Waals surface area (Å²) >= 11 is 0. The van der Waals surface area contributed by atoms with Crippen molar-refractivity contribution >= 4 is 24.2 Å². The molecule has 0 saturated carbocycles. The number of likely N-dealkylation sites (tertiary alicyclic amines) is 1. The van der Waals surface area contributed by atoms with Crippen LogP contribution in [0, 0.1) is 0 Å². The highest BCUT2D eigenvalue weighted by Gasteiger charge is 2.43. The van der Waals surface area contributed by atoms with Crippen molar-refractivity contribution in [1.82, 2.24) is 15.5 Å². The zero-order valence-electron chi connectivity index (χ0n) is 19.3. The largest absolute Gasteiger partial charge is 0.467 e. The average molecular weight is 466 g/mol. The number of hydrogen-bond acceptors (Lipinski definition) is 8. The number of rotatable bonds is 7. The van der Waals surface area contributed by atoms with Gasteiger partial charge in [-0.1, -0.05) is 30.3 Å². The number of carbonyl (C=O) groups is 4. The van der Waals surface area contributed by atoms with Gasteiger partial charge in [0.25, 0.3) is 0 Å². The molecular weight excluding hydrogens is 434 g/mol. The molecule has 0 unspecified atom stereocenters. The Morgan fingerprint density at radius 2 is 1.67 bits per heavy atom. The van der Waals surface area contributed by atoms with Crippen LogP contribution >= 0.6 is 0 Å². The smallest absolute Gasteiger partial charge is 0.410 e. The van der Waals surface area contributed by atoms with Crippen molar-refractivity contribution < 1.29 is 38.1 Å². The van der Waals surface area contributed by atoms with E-state index >= 15 is 0 Å². The van der Waals surface area contributed by atoms with E-state index in [2.05, 4.69) is 10.6 Å². The quantitative estimate of drug-likeness (QED) is 0.356. The molecule has 2 rings (SSSR count). The lowest BCUT2D eigenvalue weighted by atomic mass is 10.2. The molecule has 0 radical (unpaired) electrons. The summed E-state index contributed by atoms with van der Waals surface area (Å²) in [6.07, 6.45) is -2.69. The van der Waals surface area contributed by atoms with Crippen LogP contribution in [-0.4, -0.2) is 73.6 Å². The summed E-state index contributed by atoms with van der Waals surface area (Å²) in [6, 6.07) is 8.18. The van der Waals surface area contributed by atoms with E-state index in [1.54, 1.807) is 20.8 Å². The maximum Gasteiger partial charge on any atom is 0.410 e. The van der Waals surface area contributed by atoms with Gasteiger partial charge in [-0.2, -0.15) is 0 Å². The highest BCUT2D eigenvalue weighted by molar-refractivity contribution is 5.82. The van der Waals surface area contributed by atoms with Gasteiger partial charge in [-0.3, -0.25) is 4.90 Å². The summed E-state index contributed by atoms with van der Waals surface area (Å²) in [4.78, 5) is 49.5. The molecule has 1 fully saturated rings. The van der Waals surface area contributed by atoms with Gasteiger partial charge < -0.3 is 29.6 Å². The first-order valence-corrected chi connectivity index (χ1v) is 10.6. The molecule has 33 heavy (non-hydrogen) atoms. The fourth-order valence-electron chi connectivity index (χ4n) is 3.08. The molecule has 2 N–H and O–H groups in total. The number of hydrogen-bond donors (Lipinski definition) is 2. The average Bonchev–Trinajstić information content (AvgIpc) is 3.17. The molecule has 2 atom stereocenters. The predicted octanol–water partition coefficient (Wildman–Crippen LogP) is 2.19. The third kappa shape index (κ3) is 8.87. The lowest BCUT2D eigenvalue weighted by Crippen LogP contribution is -2.41. The Labute approximate surface area is 192 Å². The van der Waals surface area contributed by atoms with Crippen LogP contribution in [0.3, 0.4) is 0 Å². The van der Waals surface area contributed by atoms with Gasteiger partial charge in [0.1, 0.15) is 24.4 Å². The SMILES string of the molecule is COC(=O)[C@@H]1C[C@@H](OC(=O)NCCNC(=O)OC(C)(C)C)CN1C(=O)OCc1ccccc1. The molecule has 1 aliphatic heterocycles. The maximum atomic E-state index is 12.5. The number of carbonyl (C=O) groups excluding carboxylic acids is 4. The Hall–Kier alpha value is -3.50. The topological polar surface area (TPSA) is 132 Å². The fraction of sp³-hybridized carbons (Fsp3) is 0.545. The molecular formula is C22H31N3O8. The lowest BCUT2D eigenvalue weighted by molar-refractivity contribution is -0.145. The monoisotopic (exact) mass is 465 g/mol. The van der Waals surface area contributed by atoms with Crippen molar-refractivity contribution in [3.63, 3.8) is 0 Å². The molecule has 1 aromatic rings. The molecule has 1 aromatic carbocycles. The van der Waals surface area contributed by atoms with Gasteiger partial charge in [-0.15, -0.1) is 0 Å². The minimum atomic E-state index is -0.926. The number of esters is 1. The molecule has 0 spiro atoms. The molecule has 0 aliphatic carbocycles. The van der Waals surface area contributed by atoms with Gasteiger partial charge in [-0.05, 0) is 26.3 Å². The van der Waals surface area contributed by atoms with E-state index < -0.39 is 42.0 Å². The molecule has 1 saturated heterocycles. The van der Waals surface area contributed by atoms with Crippen LogP contribution in [0.4, 0.5) is 14.4 Å². The molecule has 0 bridgehead atoms. The molecule has 3 amide bonds. The summed E-state index contributed by atoms with van der Waals surface area (Å²) in [7, 11) is 1.22. The first-order valence-electron chi connectivity index (χ1n) is 10.6. The van der Waals surface area contributed by atoms with Gasteiger partial charge in [-0.25, -0.2) is 19.2 Å². The van der Waals surface area contributed by atoms with E-state index in [4.69, 9.17) is 18.9 Å². The Balaban J connectivity index is 1.80. The minimum absolute atomic E-state index is 0.0169. The van der Waals surface area contributed by atoms with Crippen molar-refractivity contribution in [1.29, 1.82) is 0 Å². The fourth-order valence-corrected chi connectivity index (χ4v) is 3.08. The molecule has 1 aliphatic rings. The van der Waals surface area contributed by atoms with Gasteiger partial charge in [0.2, 0.25) is 0 Å². The Bertz CT molecular complexity index is 825. The number of benzene rings is 1. The second-order valence-electron chi connectivity index (χ2n) is 8.35. The second-order valence-corrected chi connectivity index (χ2v) is 8.35. The third-order valence-corrected chi connectivity index (χ3v) is 4.51. The zero-order valence-corrected chi connectivity index (χ0v) is 19.3. The van der Waals surface area contributed by atoms with Crippen molar-refractivity contribution in [3.05, 3.63) is 35.9 Å². The summed E-state index contributed by atoms with van der Waals surface area (Å²) in [5.41, 5.74) is 0.176. The predicted molar refractivity (Wildman–Crippen MR) is 116 cm³/mol. The minimum Gasteiger partial charge on any atom is -0.467 e. The van der Waals surface area contributed by atoms with E-state index in [1.807, 2.05) is 30.3 Å². The molecule has 182 valence electrons. The molecule has 11 heteroatoms. The van der Waals surface area contributed by atoms with E-state index in [1.165, 1.54) is 12.0 Å². The summed E-state index contributed by atoms with van der Waals surface area (Å²) in [5.74, 6) is -0.625. The van der Waals surface area contributed by atoms with E-state index in [0.717, 1.165) is 5.56 Å². The number of nitrogens with zero attached hydrogens (tertiary/aromatic N) is 1. The normalized spacial score (nSPS) is 17.6. The van der Waals surface area contributed by atoms with E-state index in [0.29, 0.717) is 0 Å². The van der Waals surface area contributed by atoms with Crippen LogP contribution in [-0.2, 0) is 30.3 Å². The van der Waals surface area contributed by atoms with Gasteiger partial charge in [0, 0.05) is 19.5 Å². The van der Waals surface area contributed by atoms with Crippen molar-refractivity contribution in [3.8, 4) is 0 Å². The third-order valence-electron chi connectivity index (χ3n) is 4.51. The first-order chi connectivity index (χ1) is 15.6. The Morgan fingerprint density at radius 1 is 1.03 bits per heavy atom. The number of amides is 3. The highest BCUT2D eigenvalue weighted by Crippen LogP contribution is 2.23. The summed E-state index contributed by atoms with van der Waals surface area (Å²) in [6.45, 7) is 5.49. The van der Waals surface area contributed by atoms with E-state index in [9.17, 15) is 19.2 Å². The van der Waals surface area contributed by atoms with Crippen LogP contribution in [0.5, 0.6) is 0 Å². The van der Waals surface area contributed by atoms with Gasteiger partial charge >= 0.3 is 24.2 Å². The zero-order chi connectivity index (χ0) is 24.4. The number of nitrogens with one attached hydrogen (secondary N) is 2. The van der Waals surface area contributed by atoms with Crippen LogP contribution in [0.2, 0.25) is 0 Å². The van der Waals surface area contributed by atoms with Crippen molar-refractivity contribution in [2.75, 3.05) is 26.7 Å². The Kier molecular flexibility index (Phi) is 9.31. The molecule has 11 nitrogen and oxygen atoms in total. The maximum absolute atomic E-state index is 12.5. The first kappa shape index (κ1) is 25.8.